The maximum absolute atomic E-state index is 3.43. The summed E-state index contributed by atoms with van der Waals surface area (Å²) < 4.78 is 10.9. The molecule has 0 unspecified atom stereocenters. The first-order valence-electron chi connectivity index (χ1n) is 18.3. The third-order valence-corrected chi connectivity index (χ3v) is 19.9. The minimum atomic E-state index is -0.0235. The van der Waals surface area contributed by atoms with E-state index in [1.165, 1.54) is 79.1 Å². The molecule has 0 saturated heterocycles. The van der Waals surface area contributed by atoms with Crippen LogP contribution in [-0.2, 0) is 0 Å². The van der Waals surface area contributed by atoms with Gasteiger partial charge in [-0.1, -0.05) is 0 Å². The van der Waals surface area contributed by atoms with Crippen molar-refractivity contribution in [2.24, 2.45) is 0 Å². The molecule has 0 spiro atoms. The quantitative estimate of drug-likeness (QED) is 0.161. The first-order valence-corrected chi connectivity index (χ1v) is 28.6. The molecule has 0 radical (unpaired) electrons. The fourth-order valence-electron chi connectivity index (χ4n) is 6.22. The van der Waals surface area contributed by atoms with Gasteiger partial charge >= 0.3 is 383 Å². The number of rotatable bonds is 8. The molecular weight excluding hydrogens is 1100 g/mol. The molecule has 6 heteroatoms. The van der Waals surface area contributed by atoms with Crippen LogP contribution in [0.5, 0.6) is 0 Å². The van der Waals surface area contributed by atoms with E-state index < -0.39 is 0 Å². The van der Waals surface area contributed by atoms with Crippen molar-refractivity contribution in [3.63, 3.8) is 0 Å². The Kier molecular flexibility index (Phi) is 14.2. The summed E-state index contributed by atoms with van der Waals surface area (Å²) in [6, 6.07) is 57.6. The van der Waals surface area contributed by atoms with Gasteiger partial charge in [0.05, 0.1) is 0 Å². The van der Waals surface area contributed by atoms with Gasteiger partial charge in [0.2, 0.25) is 0 Å². The van der Waals surface area contributed by atoms with Crippen molar-refractivity contribution in [3.8, 4) is 43.0 Å². The summed E-state index contributed by atoms with van der Waals surface area (Å²) in [6.07, 6.45) is 0. The van der Waals surface area contributed by atoms with Gasteiger partial charge in [-0.15, -0.1) is 0 Å². The van der Waals surface area contributed by atoms with Gasteiger partial charge < -0.3 is 0 Å². The molecule has 0 aromatic heterocycles. The van der Waals surface area contributed by atoms with E-state index in [9.17, 15) is 0 Å². The average Bonchev–Trinajstić information content (AvgIpc) is 3.25. The molecule has 0 saturated carbocycles. The predicted octanol–water partition coefficient (Wildman–Crippen LogP) is 3.64. The Morgan fingerprint density at radius 1 is 0.293 bits per heavy atom. The molecule has 0 aliphatic rings. The third kappa shape index (κ3) is 10.4. The molecule has 8 aromatic rings. The first kappa shape index (κ1) is 40.7. The van der Waals surface area contributed by atoms with Crippen LogP contribution in [0.15, 0.2) is 158 Å². The Morgan fingerprint density at radius 3 is 0.845 bits per heavy atom. The van der Waals surface area contributed by atoms with Crippen LogP contribution in [0.3, 0.4) is 0 Å². The number of hydrogen-bond donors (Lipinski definition) is 0. The van der Waals surface area contributed by atoms with Crippen LogP contribution < -0.4 is 35.7 Å². The summed E-state index contributed by atoms with van der Waals surface area (Å²) in [5.74, 6) is 12.8. The Hall–Kier alpha value is -4.10. The van der Waals surface area contributed by atoms with Gasteiger partial charge in [-0.3, -0.25) is 0 Å². The van der Waals surface area contributed by atoms with Gasteiger partial charge in [0.15, 0.2) is 0 Å². The van der Waals surface area contributed by atoms with Gasteiger partial charge in [-0.05, 0) is 0 Å². The summed E-state index contributed by atoms with van der Waals surface area (Å²) >= 11 is 0.449. The molecule has 0 aliphatic heterocycles. The van der Waals surface area contributed by atoms with Crippen LogP contribution in [-0.4, -0.2) is 89.7 Å². The Labute approximate surface area is 379 Å². The summed E-state index contributed by atoms with van der Waals surface area (Å²) in [6.45, 7) is 4.29. The van der Waals surface area contributed by atoms with E-state index in [0.717, 1.165) is 0 Å². The zero-order valence-electron chi connectivity index (χ0n) is 31.5. The Balaban J connectivity index is 0.942. The van der Waals surface area contributed by atoms with Crippen LogP contribution in [0.25, 0.3) is 32.3 Å². The summed E-state index contributed by atoms with van der Waals surface area (Å²) in [7, 11) is 0. The van der Waals surface area contributed by atoms with E-state index in [1.54, 1.807) is 0 Å². The minimum absolute atomic E-state index is 0.0126. The molecule has 0 heterocycles. The Morgan fingerprint density at radius 2 is 0.552 bits per heavy atom. The van der Waals surface area contributed by atoms with E-state index >= 15 is 0 Å². The molecule has 0 atom stereocenters. The second-order valence-corrected chi connectivity index (χ2v) is 24.8. The van der Waals surface area contributed by atoms with E-state index in [4.69, 9.17) is 0 Å². The molecule has 58 heavy (non-hydrogen) atoms. The second kappa shape index (κ2) is 20.2. The van der Waals surface area contributed by atoms with Crippen LogP contribution in [0.1, 0.15) is 11.1 Å². The van der Waals surface area contributed by atoms with Crippen molar-refractivity contribution in [1.29, 1.82) is 0 Å². The SMILES string of the molecule is Cc1ccc([Se]c2cccc3cccc([Se]C#CC#C[Se]c4cccc5cccc([Se]C#CC#C[Se]c6cccc7cccc([Se]c8ccc(C)cc8)c67)c45)c23)cc1. The fraction of sp³-hybridized carbons (Fsp3) is 0.0385. The third-order valence-electron chi connectivity index (χ3n) is 8.96. The predicted molar refractivity (Wildman–Crippen MR) is 257 cm³/mol. The number of aryl methyl sites for hydroxylation is 2. The zero-order chi connectivity index (χ0) is 39.5. The van der Waals surface area contributed by atoms with E-state index in [0.29, 0.717) is 0 Å². The van der Waals surface area contributed by atoms with E-state index in [-0.39, 0.29) is 89.7 Å². The molecule has 0 fully saturated rings. The molecule has 8 rings (SSSR count). The van der Waals surface area contributed by atoms with Gasteiger partial charge in [-0.2, -0.15) is 0 Å². The van der Waals surface area contributed by atoms with Crippen molar-refractivity contribution in [2.75, 3.05) is 0 Å². The Bertz CT molecular complexity index is 2830. The molecule has 8 aromatic carbocycles. The van der Waals surface area contributed by atoms with Gasteiger partial charge in [-0.25, -0.2) is 0 Å². The molecule has 0 nitrogen and oxygen atoms in total. The molecule has 0 amide bonds. The van der Waals surface area contributed by atoms with E-state index in [2.05, 4.69) is 215 Å². The van der Waals surface area contributed by atoms with Gasteiger partial charge in [0, 0.05) is 0 Å². The number of fused-ring (bicyclic) bond motifs is 3. The van der Waals surface area contributed by atoms with Crippen molar-refractivity contribution < 1.29 is 0 Å². The summed E-state index contributed by atoms with van der Waals surface area (Å²) in [5, 5.41) is 7.84. The maximum atomic E-state index is 3.43. The first-order chi connectivity index (χ1) is 28.6. The normalized spacial score (nSPS) is 10.4. The van der Waals surface area contributed by atoms with E-state index in [1.807, 2.05) is 0 Å². The number of benzene rings is 8. The molecule has 276 valence electrons. The topological polar surface area (TPSA) is 0 Å². The molecule has 0 aliphatic carbocycles. The summed E-state index contributed by atoms with van der Waals surface area (Å²) in [4.78, 5) is 13.7. The van der Waals surface area contributed by atoms with Crippen LogP contribution in [0.4, 0.5) is 0 Å². The van der Waals surface area contributed by atoms with Crippen LogP contribution in [0.2, 0.25) is 0 Å². The van der Waals surface area contributed by atoms with Gasteiger partial charge in [0.1, 0.15) is 0 Å². The van der Waals surface area contributed by atoms with Crippen molar-refractivity contribution in [3.05, 3.63) is 169 Å². The van der Waals surface area contributed by atoms with Crippen molar-refractivity contribution in [2.45, 2.75) is 13.8 Å². The summed E-state index contributed by atoms with van der Waals surface area (Å²) in [5.41, 5.74) is 2.59. The molecule has 0 bridgehead atoms. The monoisotopic (exact) mass is 1140 g/mol. The zero-order valence-corrected chi connectivity index (χ0v) is 41.7. The standard InChI is InChI=1S/C52H32Se6/c1-37-25-29-42(30-26-37)57-48-23-11-17-40-15-9-21-46(51(40)48)55-35-5-3-33-53-44-19-7-13-39-14-8-20-45(50(39)44)54-34-4-6-36-56-47-22-10-16-41-18-12-24-49(52(41)47)58-43-31-27-38(2)28-32-43/h7-32H,1-2H3. The van der Waals surface area contributed by atoms with Crippen molar-refractivity contribution >= 4 is 158 Å². The van der Waals surface area contributed by atoms with Crippen molar-refractivity contribution in [1.82, 2.24) is 0 Å². The fourth-order valence-corrected chi connectivity index (χ4v) is 17.2. The van der Waals surface area contributed by atoms with Crippen LogP contribution in [0, 0.1) is 56.8 Å². The molecule has 0 N–H and O–H groups in total. The average molecular weight is 1130 g/mol. The number of hydrogen-bond acceptors (Lipinski definition) is 0. The van der Waals surface area contributed by atoms with Gasteiger partial charge in [0.25, 0.3) is 0 Å². The van der Waals surface area contributed by atoms with Crippen LogP contribution >= 0.6 is 0 Å². The second-order valence-electron chi connectivity index (χ2n) is 13.0. The molecular formula is C52H32Se6.